The van der Waals surface area contributed by atoms with Gasteiger partial charge in [0.05, 0.1) is 16.9 Å². The Morgan fingerprint density at radius 1 is 1.12 bits per heavy atom. The lowest BCUT2D eigenvalue weighted by atomic mass is 10.0. The van der Waals surface area contributed by atoms with Gasteiger partial charge in [-0.3, -0.25) is 4.98 Å². The minimum absolute atomic E-state index is 0.0149. The van der Waals surface area contributed by atoms with Crippen molar-refractivity contribution in [2.24, 2.45) is 0 Å². The molecule has 0 spiro atoms. The topological polar surface area (TPSA) is 90.3 Å². The largest absolute Gasteiger partial charge is 0.444 e. The molecule has 240 valence electrons. The molecule has 2 aromatic heterocycles. The minimum atomic E-state index is -1.80. The Morgan fingerprint density at radius 3 is 2.44 bits per heavy atom. The predicted octanol–water partition coefficient (Wildman–Crippen LogP) is 9.14. The van der Waals surface area contributed by atoms with Crippen molar-refractivity contribution in [3.63, 3.8) is 0 Å². The van der Waals surface area contributed by atoms with Crippen LogP contribution in [0, 0.1) is 0 Å². The molecule has 1 amide bonds. The molecule has 3 atom stereocenters. The molecule has 1 aliphatic rings. The van der Waals surface area contributed by atoms with Crippen LogP contribution >= 0.6 is 0 Å². The van der Waals surface area contributed by atoms with Crippen molar-refractivity contribution in [1.82, 2.24) is 20.1 Å². The summed E-state index contributed by atoms with van der Waals surface area (Å²) in [6.45, 7) is 25.8. The number of nitrogens with zero attached hydrogens (tertiary/aromatic N) is 3. The van der Waals surface area contributed by atoms with E-state index in [9.17, 15) is 4.79 Å². The van der Waals surface area contributed by atoms with Crippen LogP contribution in [0.1, 0.15) is 119 Å². The number of anilines is 2. The van der Waals surface area contributed by atoms with E-state index in [1.165, 1.54) is 0 Å². The van der Waals surface area contributed by atoms with Crippen molar-refractivity contribution in [3.8, 4) is 0 Å². The van der Waals surface area contributed by atoms with E-state index in [4.69, 9.17) is 14.3 Å². The molecule has 9 heteroatoms. The molecule has 3 rings (SSSR count). The van der Waals surface area contributed by atoms with Crippen molar-refractivity contribution < 1.29 is 14.0 Å². The molecule has 0 radical (unpaired) electrons. The van der Waals surface area contributed by atoms with Crippen molar-refractivity contribution in [2.75, 3.05) is 5.32 Å². The lowest BCUT2D eigenvalue weighted by molar-refractivity contribution is 0.0506. The molecule has 0 bridgehead atoms. The highest BCUT2D eigenvalue weighted by Crippen LogP contribution is 2.43. The van der Waals surface area contributed by atoms with E-state index in [1.54, 1.807) is 0 Å². The summed E-state index contributed by atoms with van der Waals surface area (Å²) in [5, 5.41) is 11.9. The fraction of sp³-hybridized carbons (Fsp3) is 0.676. The Kier molecular flexibility index (Phi) is 11.0. The molecule has 0 aliphatic heterocycles. The molecule has 0 unspecified atom stereocenters. The van der Waals surface area contributed by atoms with Crippen molar-refractivity contribution >= 4 is 32.0 Å². The van der Waals surface area contributed by atoms with E-state index in [1.807, 2.05) is 46.0 Å². The van der Waals surface area contributed by atoms with Crippen LogP contribution in [0.15, 0.2) is 30.5 Å². The molecule has 0 aromatic carbocycles. The summed E-state index contributed by atoms with van der Waals surface area (Å²) in [5.41, 5.74) is 2.32. The highest BCUT2D eigenvalue weighted by atomic mass is 28.4. The Bertz CT molecular complexity index is 1250. The van der Waals surface area contributed by atoms with Gasteiger partial charge in [0.1, 0.15) is 11.4 Å². The minimum Gasteiger partial charge on any atom is -0.444 e. The Hall–Kier alpha value is -2.65. The van der Waals surface area contributed by atoms with E-state index in [0.717, 1.165) is 55.0 Å². The highest BCUT2D eigenvalue weighted by Gasteiger charge is 2.41. The maximum Gasteiger partial charge on any atom is 0.407 e. The zero-order valence-electron chi connectivity index (χ0n) is 28.8. The SMILES string of the molecule is C[C@H](CC/C=C/c1cc(Nc2cc([C@H]3CC[C@@H](O[Si](C)(C)C(C)(C)C)C3)nn2C(C)(C)C)ccn1)NC(=O)OC(C)(C)C. The van der Waals surface area contributed by atoms with Crippen molar-refractivity contribution in [1.29, 1.82) is 0 Å². The second kappa shape index (κ2) is 13.5. The summed E-state index contributed by atoms with van der Waals surface area (Å²) < 4.78 is 14.2. The van der Waals surface area contributed by atoms with Gasteiger partial charge in [-0.05, 0) is 117 Å². The molecule has 8 nitrogen and oxygen atoms in total. The fourth-order valence-electron chi connectivity index (χ4n) is 5.00. The van der Waals surface area contributed by atoms with Gasteiger partial charge in [-0.1, -0.05) is 26.8 Å². The molecular formula is C34H57N5O3Si. The number of hydrogen-bond acceptors (Lipinski definition) is 6. The van der Waals surface area contributed by atoms with Gasteiger partial charge in [-0.25, -0.2) is 9.48 Å². The number of amides is 1. The van der Waals surface area contributed by atoms with E-state index >= 15 is 0 Å². The summed E-state index contributed by atoms with van der Waals surface area (Å²) in [6.07, 6.45) is 10.7. The van der Waals surface area contributed by atoms with E-state index in [0.29, 0.717) is 12.0 Å². The average Bonchev–Trinajstić information content (AvgIpc) is 3.47. The number of hydrogen-bond donors (Lipinski definition) is 2. The number of aromatic nitrogens is 3. The Morgan fingerprint density at radius 2 is 1.81 bits per heavy atom. The smallest absolute Gasteiger partial charge is 0.407 e. The second-order valence-corrected chi connectivity index (χ2v) is 20.4. The summed E-state index contributed by atoms with van der Waals surface area (Å²) >= 11 is 0. The first-order chi connectivity index (χ1) is 19.7. The van der Waals surface area contributed by atoms with Crippen LogP contribution < -0.4 is 10.6 Å². The van der Waals surface area contributed by atoms with Crippen LogP contribution in [-0.2, 0) is 14.7 Å². The van der Waals surface area contributed by atoms with Crippen molar-refractivity contribution in [2.45, 2.75) is 149 Å². The van der Waals surface area contributed by atoms with Crippen LogP contribution in [0.25, 0.3) is 6.08 Å². The summed E-state index contributed by atoms with van der Waals surface area (Å²) in [6, 6.07) is 6.28. The zero-order valence-corrected chi connectivity index (χ0v) is 29.8. The number of carbonyl (C=O) groups is 1. The lowest BCUT2D eigenvalue weighted by Gasteiger charge is -2.38. The Labute approximate surface area is 261 Å². The van der Waals surface area contributed by atoms with Crippen LogP contribution in [-0.4, -0.2) is 46.9 Å². The highest BCUT2D eigenvalue weighted by molar-refractivity contribution is 6.74. The quantitative estimate of drug-likeness (QED) is 0.260. The molecular weight excluding hydrogens is 554 g/mol. The van der Waals surface area contributed by atoms with E-state index < -0.39 is 13.9 Å². The van der Waals surface area contributed by atoms with Gasteiger partial charge in [0.25, 0.3) is 0 Å². The lowest BCUT2D eigenvalue weighted by Crippen LogP contribution is -2.43. The number of rotatable bonds is 10. The molecule has 43 heavy (non-hydrogen) atoms. The van der Waals surface area contributed by atoms with Gasteiger partial charge in [0.15, 0.2) is 8.32 Å². The first kappa shape index (κ1) is 34.8. The molecule has 2 N–H and O–H groups in total. The van der Waals surface area contributed by atoms with Crippen LogP contribution in [0.3, 0.4) is 0 Å². The first-order valence-electron chi connectivity index (χ1n) is 15.9. The average molecular weight is 612 g/mol. The number of nitrogens with one attached hydrogen (secondary N) is 2. The summed E-state index contributed by atoms with van der Waals surface area (Å²) in [4.78, 5) is 16.5. The zero-order chi connectivity index (χ0) is 32.2. The second-order valence-electron chi connectivity index (χ2n) is 15.7. The monoisotopic (exact) mass is 611 g/mol. The van der Waals surface area contributed by atoms with Gasteiger partial charge in [-0.2, -0.15) is 5.10 Å². The van der Waals surface area contributed by atoms with Crippen LogP contribution in [0.2, 0.25) is 18.1 Å². The Balaban J connectivity index is 1.64. The van der Waals surface area contributed by atoms with Gasteiger partial charge >= 0.3 is 6.09 Å². The van der Waals surface area contributed by atoms with Crippen LogP contribution in [0.4, 0.5) is 16.3 Å². The van der Waals surface area contributed by atoms with Crippen molar-refractivity contribution in [3.05, 3.63) is 41.9 Å². The third-order valence-electron chi connectivity index (χ3n) is 8.31. The van der Waals surface area contributed by atoms with Gasteiger partial charge in [0, 0.05) is 36.0 Å². The first-order valence-corrected chi connectivity index (χ1v) is 18.8. The fourth-order valence-corrected chi connectivity index (χ4v) is 6.41. The number of allylic oxidation sites excluding steroid dienone is 1. The third kappa shape index (κ3) is 10.5. The maximum atomic E-state index is 12.0. The summed E-state index contributed by atoms with van der Waals surface area (Å²) in [7, 11) is -1.80. The predicted molar refractivity (Wildman–Crippen MR) is 181 cm³/mol. The van der Waals surface area contributed by atoms with E-state index in [2.05, 4.69) is 93.1 Å². The number of alkyl carbamates (subject to hydrolysis) is 1. The van der Waals surface area contributed by atoms with Gasteiger partial charge in [0.2, 0.25) is 0 Å². The van der Waals surface area contributed by atoms with E-state index in [-0.39, 0.29) is 22.7 Å². The number of carbonyl (C=O) groups excluding carboxylic acids is 1. The molecule has 1 saturated carbocycles. The normalized spacial score (nSPS) is 19.1. The molecule has 2 heterocycles. The molecule has 2 aromatic rings. The van der Waals surface area contributed by atoms with Gasteiger partial charge in [-0.15, -0.1) is 0 Å². The molecule has 1 fully saturated rings. The van der Waals surface area contributed by atoms with Crippen LogP contribution in [0.5, 0.6) is 0 Å². The summed E-state index contributed by atoms with van der Waals surface area (Å²) in [5.74, 6) is 1.39. The third-order valence-corrected chi connectivity index (χ3v) is 12.8. The molecule has 1 aliphatic carbocycles. The van der Waals surface area contributed by atoms with Gasteiger partial charge < -0.3 is 19.8 Å². The number of ether oxygens (including phenoxy) is 1. The maximum absolute atomic E-state index is 12.0. The number of pyridine rings is 1. The molecule has 0 saturated heterocycles. The standard InChI is InChI=1S/C34H57N5O3Si/c1-24(36-31(40)41-33(5,6)7)15-13-14-16-26-22-27(19-20-35-26)37-30-23-29(38-39(30)32(2,3)4)25-17-18-28(21-25)42-43(11,12)34(8,9)10/h14,16,19-20,22-25,28H,13,15,17-18,21H2,1-12H3,(H,35,37)(H,36,40)/b16-14+/t24-,25+,28-/m1/s1.